The average molecular weight is 305 g/mol. The molecule has 116 valence electrons. The second-order valence-corrected chi connectivity index (χ2v) is 8.16. The Kier molecular flexibility index (Phi) is 3.48. The molecular weight excluding hydrogens is 280 g/mol. The second kappa shape index (κ2) is 4.34. The molecule has 0 bridgehead atoms. The van der Waals surface area contributed by atoms with Crippen LogP contribution < -0.4 is 0 Å². The molecule has 0 aliphatic heterocycles. The first-order valence-corrected chi connectivity index (χ1v) is 7.65. The van der Waals surface area contributed by atoms with Gasteiger partial charge < -0.3 is 15.3 Å². The summed E-state index contributed by atoms with van der Waals surface area (Å²) in [7, 11) is 0. The van der Waals surface area contributed by atoms with E-state index in [1.165, 1.54) is 0 Å². The minimum Gasteiger partial charge on any atom is -0.481 e. The third-order valence-electron chi connectivity index (χ3n) is 6.21. The quantitative estimate of drug-likeness (QED) is 0.650. The van der Waals surface area contributed by atoms with Crippen molar-refractivity contribution in [2.75, 3.05) is 0 Å². The Morgan fingerprint density at radius 2 is 1.65 bits per heavy atom. The molecule has 0 aromatic heterocycles. The SMILES string of the molecule is CC1(O)CCC2(O)C(C)(C)C(Cl)CCC2(C)C1C(=O)O. The van der Waals surface area contributed by atoms with Crippen molar-refractivity contribution in [2.24, 2.45) is 16.7 Å². The van der Waals surface area contributed by atoms with Crippen molar-refractivity contribution in [2.45, 2.75) is 70.0 Å². The molecule has 2 aliphatic rings. The largest absolute Gasteiger partial charge is 0.481 e. The van der Waals surface area contributed by atoms with Crippen molar-refractivity contribution in [3.63, 3.8) is 0 Å². The molecule has 0 amide bonds. The van der Waals surface area contributed by atoms with Crippen molar-refractivity contribution in [3.05, 3.63) is 0 Å². The van der Waals surface area contributed by atoms with Crippen LogP contribution in [0.3, 0.4) is 0 Å². The fraction of sp³-hybridized carbons (Fsp3) is 0.933. The number of carbonyl (C=O) groups is 1. The van der Waals surface area contributed by atoms with E-state index in [9.17, 15) is 20.1 Å². The Morgan fingerprint density at radius 3 is 2.15 bits per heavy atom. The van der Waals surface area contributed by atoms with Gasteiger partial charge in [0, 0.05) is 16.2 Å². The molecule has 2 rings (SSSR count). The molecule has 2 saturated carbocycles. The first kappa shape index (κ1) is 16.1. The number of hydrogen-bond donors (Lipinski definition) is 3. The summed E-state index contributed by atoms with van der Waals surface area (Å²) in [6.07, 6.45) is 1.79. The smallest absolute Gasteiger partial charge is 0.310 e. The fourth-order valence-corrected chi connectivity index (χ4v) is 5.07. The van der Waals surface area contributed by atoms with Crippen molar-refractivity contribution < 1.29 is 20.1 Å². The van der Waals surface area contributed by atoms with E-state index in [0.29, 0.717) is 19.3 Å². The topological polar surface area (TPSA) is 77.8 Å². The normalized spacial score (nSPS) is 51.4. The van der Waals surface area contributed by atoms with Gasteiger partial charge in [-0.1, -0.05) is 20.8 Å². The minimum atomic E-state index is -1.30. The summed E-state index contributed by atoms with van der Waals surface area (Å²) in [6, 6.07) is 0. The zero-order valence-corrected chi connectivity index (χ0v) is 13.4. The number of hydrogen-bond acceptors (Lipinski definition) is 3. The molecule has 0 heterocycles. The first-order chi connectivity index (χ1) is 8.90. The highest BCUT2D eigenvalue weighted by Gasteiger charge is 2.70. The van der Waals surface area contributed by atoms with Gasteiger partial charge in [0.25, 0.3) is 0 Å². The third-order valence-corrected chi connectivity index (χ3v) is 6.97. The highest BCUT2D eigenvalue weighted by atomic mass is 35.5. The molecule has 4 nitrogen and oxygen atoms in total. The van der Waals surface area contributed by atoms with Crippen molar-refractivity contribution >= 4 is 17.6 Å². The van der Waals surface area contributed by atoms with Gasteiger partial charge in [0.05, 0.1) is 17.1 Å². The number of alkyl halides is 1. The summed E-state index contributed by atoms with van der Waals surface area (Å²) in [5.41, 5.74) is -3.96. The molecule has 5 unspecified atom stereocenters. The van der Waals surface area contributed by atoms with E-state index in [0.717, 1.165) is 0 Å². The van der Waals surface area contributed by atoms with Crippen molar-refractivity contribution in [3.8, 4) is 0 Å². The van der Waals surface area contributed by atoms with Crippen LogP contribution in [0.15, 0.2) is 0 Å². The van der Waals surface area contributed by atoms with Crippen molar-refractivity contribution in [1.29, 1.82) is 0 Å². The van der Waals surface area contributed by atoms with E-state index in [2.05, 4.69) is 0 Å². The number of halogens is 1. The Bertz CT molecular complexity index is 434. The lowest BCUT2D eigenvalue weighted by Gasteiger charge is -2.65. The van der Waals surface area contributed by atoms with Crippen LogP contribution in [-0.4, -0.2) is 37.9 Å². The van der Waals surface area contributed by atoms with Gasteiger partial charge in [0.2, 0.25) is 0 Å². The number of aliphatic hydroxyl groups is 2. The lowest BCUT2D eigenvalue weighted by atomic mass is 9.43. The molecule has 20 heavy (non-hydrogen) atoms. The Morgan fingerprint density at radius 1 is 1.10 bits per heavy atom. The van der Waals surface area contributed by atoms with Gasteiger partial charge in [0.1, 0.15) is 0 Å². The maximum Gasteiger partial charge on any atom is 0.310 e. The van der Waals surface area contributed by atoms with Crippen LogP contribution in [0.2, 0.25) is 0 Å². The van der Waals surface area contributed by atoms with E-state index in [-0.39, 0.29) is 11.8 Å². The summed E-state index contributed by atoms with van der Waals surface area (Å²) in [6.45, 7) is 7.17. The van der Waals surface area contributed by atoms with Crippen LogP contribution in [0, 0.1) is 16.7 Å². The van der Waals surface area contributed by atoms with E-state index in [1.807, 2.05) is 13.8 Å². The van der Waals surface area contributed by atoms with Crippen molar-refractivity contribution in [1.82, 2.24) is 0 Å². The van der Waals surface area contributed by atoms with E-state index in [4.69, 9.17) is 11.6 Å². The van der Waals surface area contributed by atoms with E-state index < -0.39 is 33.9 Å². The summed E-state index contributed by atoms with van der Waals surface area (Å²) in [4.78, 5) is 11.8. The van der Waals surface area contributed by atoms with Gasteiger partial charge in [0.15, 0.2) is 0 Å². The Labute approximate surface area is 125 Å². The molecule has 3 N–H and O–H groups in total. The maximum absolute atomic E-state index is 11.8. The fourth-order valence-electron chi connectivity index (χ4n) is 4.78. The van der Waals surface area contributed by atoms with Gasteiger partial charge in [-0.25, -0.2) is 0 Å². The monoisotopic (exact) mass is 304 g/mol. The lowest BCUT2D eigenvalue weighted by Crippen LogP contribution is -2.72. The molecule has 0 aromatic carbocycles. The predicted octanol–water partition coefficient (Wildman–Crippen LogP) is 2.40. The summed E-state index contributed by atoms with van der Waals surface area (Å²) >= 11 is 6.41. The van der Waals surface area contributed by atoms with Gasteiger partial charge >= 0.3 is 5.97 Å². The zero-order valence-electron chi connectivity index (χ0n) is 12.6. The highest BCUT2D eigenvalue weighted by Crippen LogP contribution is 2.65. The van der Waals surface area contributed by atoms with E-state index >= 15 is 0 Å². The molecular formula is C15H25ClO4. The molecule has 2 aliphatic carbocycles. The molecule has 0 radical (unpaired) electrons. The third kappa shape index (κ3) is 1.77. The summed E-state index contributed by atoms with van der Waals surface area (Å²) in [5, 5.41) is 31.3. The van der Waals surface area contributed by atoms with Crippen LogP contribution in [0.1, 0.15) is 53.4 Å². The van der Waals surface area contributed by atoms with Gasteiger partial charge in [-0.15, -0.1) is 11.6 Å². The summed E-state index contributed by atoms with van der Waals surface area (Å²) in [5.74, 6) is -2.03. The lowest BCUT2D eigenvalue weighted by molar-refractivity contribution is -0.263. The minimum absolute atomic E-state index is 0.196. The van der Waals surface area contributed by atoms with Crippen LogP contribution >= 0.6 is 11.6 Å². The molecule has 0 aromatic rings. The predicted molar refractivity (Wildman–Crippen MR) is 76.7 cm³/mol. The zero-order chi connectivity index (χ0) is 15.6. The Hall–Kier alpha value is -0.320. The number of aliphatic carboxylic acids is 1. The summed E-state index contributed by atoms with van der Waals surface area (Å²) < 4.78 is 0. The van der Waals surface area contributed by atoms with Gasteiger partial charge in [-0.05, 0) is 32.6 Å². The molecule has 5 heteroatoms. The molecule has 0 saturated heterocycles. The first-order valence-electron chi connectivity index (χ1n) is 7.22. The second-order valence-electron chi connectivity index (χ2n) is 7.63. The van der Waals surface area contributed by atoms with Crippen LogP contribution in [-0.2, 0) is 4.79 Å². The number of carboxylic acid groups (broad SMARTS) is 1. The van der Waals surface area contributed by atoms with Gasteiger partial charge in [-0.2, -0.15) is 0 Å². The molecule has 2 fully saturated rings. The van der Waals surface area contributed by atoms with Crippen LogP contribution in [0.4, 0.5) is 0 Å². The molecule has 5 atom stereocenters. The van der Waals surface area contributed by atoms with E-state index in [1.54, 1.807) is 13.8 Å². The standard InChI is InChI=1S/C15H25ClO4/c1-12(2)9(16)5-6-13(3)10(11(17)18)14(4,19)7-8-15(12,13)20/h9-10,19-20H,5-8H2,1-4H3,(H,17,18). The number of fused-ring (bicyclic) bond motifs is 1. The maximum atomic E-state index is 11.8. The van der Waals surface area contributed by atoms with Gasteiger partial charge in [-0.3, -0.25) is 4.79 Å². The average Bonchev–Trinajstić information content (AvgIpc) is 2.29. The highest BCUT2D eigenvalue weighted by molar-refractivity contribution is 6.21. The number of carboxylic acids is 1. The van der Waals surface area contributed by atoms with Crippen LogP contribution in [0.5, 0.6) is 0 Å². The van der Waals surface area contributed by atoms with Crippen LogP contribution in [0.25, 0.3) is 0 Å². The number of rotatable bonds is 1. The Balaban J connectivity index is 2.59. The molecule has 0 spiro atoms.